The van der Waals surface area contributed by atoms with Crippen LogP contribution in [-0.2, 0) is 17.6 Å². The van der Waals surface area contributed by atoms with E-state index in [1.807, 2.05) is 24.3 Å². The van der Waals surface area contributed by atoms with Crippen molar-refractivity contribution in [1.29, 1.82) is 0 Å². The lowest BCUT2D eigenvalue weighted by molar-refractivity contribution is -0.117. The molecule has 0 radical (unpaired) electrons. The molecular weight excluding hydrogens is 124 g/mol. The second-order valence-corrected chi connectivity index (χ2v) is 2.71. The van der Waals surface area contributed by atoms with Crippen molar-refractivity contribution >= 4 is 5.78 Å². The molecule has 50 valence electrons. The van der Waals surface area contributed by atoms with E-state index in [9.17, 15) is 4.79 Å². The first-order valence-electron chi connectivity index (χ1n) is 3.44. The molecule has 0 saturated carbocycles. The summed E-state index contributed by atoms with van der Waals surface area (Å²) in [5.41, 5.74) is 2.29. The number of Topliss-reactive ketones (excluding diaryl/α,β-unsaturated/α-hetero) is 1. The van der Waals surface area contributed by atoms with Crippen LogP contribution in [0, 0.1) is 0 Å². The van der Waals surface area contributed by atoms with Gasteiger partial charge in [-0.1, -0.05) is 24.3 Å². The smallest absolute Gasteiger partial charge is 0.141 e. The summed E-state index contributed by atoms with van der Waals surface area (Å²) >= 11 is 0. The van der Waals surface area contributed by atoms with Crippen LogP contribution in [0.25, 0.3) is 0 Å². The van der Waals surface area contributed by atoms with Gasteiger partial charge in [-0.2, -0.15) is 0 Å². The molecule has 1 heteroatoms. The topological polar surface area (TPSA) is 17.1 Å². The zero-order valence-corrected chi connectivity index (χ0v) is 5.63. The Bertz CT molecular complexity index is 232. The van der Waals surface area contributed by atoms with E-state index in [-0.39, 0.29) is 0 Å². The number of benzene rings is 1. The monoisotopic (exact) mass is 132 g/mol. The number of hydrogen-bond acceptors (Lipinski definition) is 1. The normalized spacial score (nSPS) is 15.4. The highest BCUT2D eigenvalue weighted by molar-refractivity contribution is 5.84. The molecule has 3 rings (SSSR count). The average Bonchev–Trinajstić information content (AvgIpc) is 2.17. The van der Waals surface area contributed by atoms with E-state index in [4.69, 9.17) is 0 Å². The number of hydrogen-bond donors (Lipinski definition) is 0. The molecule has 10 heavy (non-hydrogen) atoms. The van der Waals surface area contributed by atoms with Crippen molar-refractivity contribution < 1.29 is 4.79 Å². The Morgan fingerprint density at radius 1 is 0.900 bits per heavy atom. The van der Waals surface area contributed by atoms with E-state index in [2.05, 4.69) is 0 Å². The summed E-state index contributed by atoms with van der Waals surface area (Å²) in [4.78, 5) is 11.0. The van der Waals surface area contributed by atoms with E-state index in [0.717, 1.165) is 11.1 Å². The van der Waals surface area contributed by atoms with Crippen LogP contribution >= 0.6 is 0 Å². The van der Waals surface area contributed by atoms with Gasteiger partial charge in [0.15, 0.2) is 0 Å². The Kier molecular flexibility index (Phi) is 1.10. The minimum absolute atomic E-state index is 0.333. The fourth-order valence-corrected chi connectivity index (χ4v) is 1.29. The SMILES string of the molecule is O=C1Cc2ccc(cc2)C1. The third kappa shape index (κ3) is 0.838. The van der Waals surface area contributed by atoms with Crippen LogP contribution in [0.2, 0.25) is 0 Å². The summed E-state index contributed by atoms with van der Waals surface area (Å²) in [6, 6.07) is 8.11. The third-order valence-corrected chi connectivity index (χ3v) is 1.83. The van der Waals surface area contributed by atoms with Crippen molar-refractivity contribution in [1.82, 2.24) is 0 Å². The van der Waals surface area contributed by atoms with Gasteiger partial charge in [0.1, 0.15) is 5.78 Å². The molecule has 2 bridgehead atoms. The van der Waals surface area contributed by atoms with Crippen molar-refractivity contribution in [3.05, 3.63) is 35.4 Å². The van der Waals surface area contributed by atoms with Gasteiger partial charge in [0.25, 0.3) is 0 Å². The fraction of sp³-hybridized carbons (Fsp3) is 0.222. The van der Waals surface area contributed by atoms with Crippen molar-refractivity contribution in [3.8, 4) is 0 Å². The van der Waals surface area contributed by atoms with Gasteiger partial charge in [-0.3, -0.25) is 4.79 Å². The highest BCUT2D eigenvalue weighted by Gasteiger charge is 2.09. The van der Waals surface area contributed by atoms with Crippen LogP contribution in [-0.4, -0.2) is 5.78 Å². The number of rotatable bonds is 0. The van der Waals surface area contributed by atoms with Gasteiger partial charge < -0.3 is 0 Å². The van der Waals surface area contributed by atoms with Gasteiger partial charge in [0.05, 0.1) is 0 Å². The summed E-state index contributed by atoms with van der Waals surface area (Å²) in [6.07, 6.45) is 1.24. The van der Waals surface area contributed by atoms with Crippen LogP contribution < -0.4 is 0 Å². The van der Waals surface area contributed by atoms with Crippen molar-refractivity contribution in [2.24, 2.45) is 0 Å². The molecule has 1 nitrogen and oxygen atoms in total. The molecule has 0 atom stereocenters. The highest BCUT2D eigenvalue weighted by Crippen LogP contribution is 2.12. The fourth-order valence-electron chi connectivity index (χ4n) is 1.29. The summed E-state index contributed by atoms with van der Waals surface area (Å²) in [5.74, 6) is 0.333. The van der Waals surface area contributed by atoms with Gasteiger partial charge in [0, 0.05) is 12.8 Å². The molecule has 0 spiro atoms. The summed E-state index contributed by atoms with van der Waals surface area (Å²) in [5, 5.41) is 0. The van der Waals surface area contributed by atoms with Gasteiger partial charge in [-0.05, 0) is 11.1 Å². The van der Waals surface area contributed by atoms with E-state index in [0.29, 0.717) is 18.6 Å². The second kappa shape index (κ2) is 1.94. The first-order chi connectivity index (χ1) is 4.84. The molecule has 0 N–H and O–H groups in total. The average molecular weight is 132 g/mol. The number of ketones is 1. The predicted molar refractivity (Wildman–Crippen MR) is 38.9 cm³/mol. The van der Waals surface area contributed by atoms with Crippen molar-refractivity contribution in [2.45, 2.75) is 12.8 Å². The minimum Gasteiger partial charge on any atom is -0.299 e. The van der Waals surface area contributed by atoms with E-state index < -0.39 is 0 Å². The molecule has 0 heterocycles. The Hall–Kier alpha value is -1.11. The standard InChI is InChI=1S/C9H8O/c10-9-5-7-1-2-8(6-9)4-3-7/h1-4H,5-6H2. The van der Waals surface area contributed by atoms with Gasteiger partial charge in [-0.15, -0.1) is 0 Å². The molecule has 0 unspecified atom stereocenters. The molecule has 0 saturated heterocycles. The Morgan fingerprint density at radius 2 is 1.30 bits per heavy atom. The van der Waals surface area contributed by atoms with Gasteiger partial charge in [-0.25, -0.2) is 0 Å². The van der Waals surface area contributed by atoms with Crippen LogP contribution in [0.3, 0.4) is 0 Å². The lowest BCUT2D eigenvalue weighted by Gasteiger charge is -1.88. The van der Waals surface area contributed by atoms with Crippen LogP contribution in [0.1, 0.15) is 11.1 Å². The lowest BCUT2D eigenvalue weighted by atomic mass is 10.2. The molecule has 0 aliphatic heterocycles. The molecular formula is C9H8O. The van der Waals surface area contributed by atoms with Crippen LogP contribution in [0.5, 0.6) is 0 Å². The van der Waals surface area contributed by atoms with Crippen LogP contribution in [0.15, 0.2) is 24.3 Å². The second-order valence-electron chi connectivity index (χ2n) is 2.71. The number of fused-ring (bicyclic) bond motifs is 4. The largest absolute Gasteiger partial charge is 0.299 e. The van der Waals surface area contributed by atoms with Crippen LogP contribution in [0.4, 0.5) is 0 Å². The Morgan fingerprint density at radius 3 is 1.70 bits per heavy atom. The Balaban J connectivity index is 2.53. The maximum absolute atomic E-state index is 11.0. The van der Waals surface area contributed by atoms with Crippen molar-refractivity contribution in [2.75, 3.05) is 0 Å². The Labute approximate surface area is 59.7 Å². The summed E-state index contributed by atoms with van der Waals surface area (Å²) in [7, 11) is 0. The van der Waals surface area contributed by atoms with E-state index in [1.165, 1.54) is 0 Å². The van der Waals surface area contributed by atoms with E-state index in [1.54, 1.807) is 0 Å². The van der Waals surface area contributed by atoms with E-state index >= 15 is 0 Å². The molecule has 1 aromatic rings. The minimum atomic E-state index is 0.333. The molecule has 0 aromatic heterocycles. The molecule has 2 aliphatic carbocycles. The van der Waals surface area contributed by atoms with Crippen molar-refractivity contribution in [3.63, 3.8) is 0 Å². The maximum atomic E-state index is 11.0. The molecule has 0 amide bonds. The zero-order chi connectivity index (χ0) is 6.97. The zero-order valence-electron chi connectivity index (χ0n) is 5.63. The first-order valence-corrected chi connectivity index (χ1v) is 3.44. The molecule has 1 aromatic carbocycles. The molecule has 0 fully saturated rings. The summed E-state index contributed by atoms with van der Waals surface area (Å²) in [6.45, 7) is 0. The lowest BCUT2D eigenvalue weighted by Crippen LogP contribution is -2.01. The highest BCUT2D eigenvalue weighted by atomic mass is 16.1. The first kappa shape index (κ1) is 5.66. The molecule has 2 aliphatic rings. The van der Waals surface area contributed by atoms with Gasteiger partial charge in [0.2, 0.25) is 0 Å². The maximum Gasteiger partial charge on any atom is 0.141 e. The number of carbonyl (C=O) groups excluding carboxylic acids is 1. The van der Waals surface area contributed by atoms with Gasteiger partial charge >= 0.3 is 0 Å². The predicted octanol–water partition coefficient (Wildman–Crippen LogP) is 1.35. The number of carbonyl (C=O) groups is 1. The summed E-state index contributed by atoms with van der Waals surface area (Å²) < 4.78 is 0. The quantitative estimate of drug-likeness (QED) is 0.520. The third-order valence-electron chi connectivity index (χ3n) is 1.83.